The molecule has 0 fully saturated rings. The molecule has 0 radical (unpaired) electrons. The van der Waals surface area contributed by atoms with Crippen LogP contribution in [0, 0.1) is 0 Å². The van der Waals surface area contributed by atoms with Crippen LogP contribution >= 0.6 is 11.3 Å². The Hall–Kier alpha value is -4.50. The van der Waals surface area contributed by atoms with Crippen molar-refractivity contribution in [1.82, 2.24) is 4.68 Å². The van der Waals surface area contributed by atoms with Gasteiger partial charge in [0.05, 0.1) is 30.3 Å². The van der Waals surface area contributed by atoms with Gasteiger partial charge in [0.25, 0.3) is 5.91 Å². The van der Waals surface area contributed by atoms with E-state index in [1.807, 2.05) is 41.8 Å². The molecule has 8 nitrogen and oxygen atoms in total. The van der Waals surface area contributed by atoms with Crippen molar-refractivity contribution in [1.29, 1.82) is 0 Å². The highest BCUT2D eigenvalue weighted by molar-refractivity contribution is 7.07. The fourth-order valence-electron chi connectivity index (χ4n) is 3.83. The zero-order valence-corrected chi connectivity index (χ0v) is 20.9. The molecular formula is C28H24N4O4S. The maximum atomic E-state index is 11.8. The quantitative estimate of drug-likeness (QED) is 0.294. The van der Waals surface area contributed by atoms with Gasteiger partial charge in [-0.1, -0.05) is 42.5 Å². The first-order valence-corrected chi connectivity index (χ1v) is 12.5. The van der Waals surface area contributed by atoms with E-state index in [1.165, 1.54) is 24.0 Å². The standard InChI is InChI=1S/C28H24N4O4S/c1-35-27(34)21-9-7-20(8-10-21)16-30-32-24(22-11-12-25-23(15-22)31-26(33)17-36-25)18-37-28(32)29-14-13-19-5-3-2-4-6-19/h2-12,15-16,18H,13-14,17H2,1H3,(H,31,33). The zero-order valence-electron chi connectivity index (χ0n) is 20.1. The second-order valence-corrected chi connectivity index (χ2v) is 9.08. The number of carbonyl (C=O) groups excluding carboxylic acids is 2. The van der Waals surface area contributed by atoms with Crippen molar-refractivity contribution in [3.8, 4) is 17.0 Å². The average molecular weight is 513 g/mol. The van der Waals surface area contributed by atoms with Crippen LogP contribution in [0.15, 0.2) is 88.3 Å². The minimum Gasteiger partial charge on any atom is -0.482 e. The van der Waals surface area contributed by atoms with Crippen LogP contribution in [0.5, 0.6) is 5.75 Å². The highest BCUT2D eigenvalue weighted by Crippen LogP contribution is 2.32. The Balaban J connectivity index is 1.49. The minimum atomic E-state index is -0.388. The first-order chi connectivity index (χ1) is 18.1. The molecule has 2 heterocycles. The van der Waals surface area contributed by atoms with Gasteiger partial charge in [0, 0.05) is 17.5 Å². The number of hydrogen-bond acceptors (Lipinski definition) is 7. The van der Waals surface area contributed by atoms with E-state index in [-0.39, 0.29) is 18.5 Å². The highest BCUT2D eigenvalue weighted by Gasteiger charge is 2.18. The first kappa shape index (κ1) is 24.2. The Morgan fingerprint density at radius 3 is 2.73 bits per heavy atom. The molecule has 1 N–H and O–H groups in total. The lowest BCUT2D eigenvalue weighted by Gasteiger charge is -2.18. The number of ether oxygens (including phenoxy) is 2. The molecule has 0 atom stereocenters. The topological polar surface area (TPSA) is 94.3 Å². The van der Waals surface area contributed by atoms with E-state index in [1.54, 1.807) is 35.2 Å². The summed E-state index contributed by atoms with van der Waals surface area (Å²) in [7, 11) is 1.35. The number of hydrogen-bond donors (Lipinski definition) is 1. The smallest absolute Gasteiger partial charge is 0.337 e. The Bertz CT molecular complexity index is 1520. The predicted molar refractivity (Wildman–Crippen MR) is 143 cm³/mol. The second-order valence-electron chi connectivity index (χ2n) is 8.24. The molecule has 1 amide bonds. The first-order valence-electron chi connectivity index (χ1n) is 11.7. The summed E-state index contributed by atoms with van der Waals surface area (Å²) in [5, 5.41) is 9.58. The molecule has 1 aromatic heterocycles. The van der Waals surface area contributed by atoms with Gasteiger partial charge in [-0.3, -0.25) is 9.79 Å². The number of thiazole rings is 1. The van der Waals surface area contributed by atoms with Gasteiger partial charge in [0.2, 0.25) is 4.80 Å². The van der Waals surface area contributed by atoms with Crippen molar-refractivity contribution in [2.45, 2.75) is 6.42 Å². The fraction of sp³-hybridized carbons (Fsp3) is 0.143. The van der Waals surface area contributed by atoms with Crippen LogP contribution < -0.4 is 14.9 Å². The third-order valence-electron chi connectivity index (χ3n) is 5.74. The monoisotopic (exact) mass is 512 g/mol. The van der Waals surface area contributed by atoms with Crippen LogP contribution in [0.25, 0.3) is 11.3 Å². The molecule has 0 unspecified atom stereocenters. The van der Waals surface area contributed by atoms with Gasteiger partial charge in [0.15, 0.2) is 6.61 Å². The molecule has 0 bridgehead atoms. The number of aromatic nitrogens is 1. The summed E-state index contributed by atoms with van der Waals surface area (Å²) in [5.41, 5.74) is 4.82. The summed E-state index contributed by atoms with van der Waals surface area (Å²) in [5.74, 6) is 0.0564. The molecule has 5 rings (SSSR count). The number of nitrogens with one attached hydrogen (secondary N) is 1. The number of fused-ring (bicyclic) bond motifs is 1. The van der Waals surface area contributed by atoms with E-state index in [9.17, 15) is 9.59 Å². The number of benzene rings is 3. The fourth-order valence-corrected chi connectivity index (χ4v) is 4.70. The number of rotatable bonds is 7. The molecule has 9 heteroatoms. The Morgan fingerprint density at radius 1 is 1.14 bits per heavy atom. The third kappa shape index (κ3) is 5.68. The Labute approximate surface area is 217 Å². The van der Waals surface area contributed by atoms with Crippen molar-refractivity contribution in [2.24, 2.45) is 10.1 Å². The van der Waals surface area contributed by atoms with Crippen LogP contribution in [-0.2, 0) is 16.0 Å². The van der Waals surface area contributed by atoms with Gasteiger partial charge in [-0.15, -0.1) is 11.3 Å². The van der Waals surface area contributed by atoms with Crippen molar-refractivity contribution < 1.29 is 19.1 Å². The van der Waals surface area contributed by atoms with E-state index in [0.29, 0.717) is 23.5 Å². The van der Waals surface area contributed by atoms with Gasteiger partial charge >= 0.3 is 5.97 Å². The lowest BCUT2D eigenvalue weighted by atomic mass is 10.1. The summed E-state index contributed by atoms with van der Waals surface area (Å²) in [4.78, 5) is 29.1. The largest absolute Gasteiger partial charge is 0.482 e. The number of carbonyl (C=O) groups is 2. The lowest BCUT2D eigenvalue weighted by Crippen LogP contribution is -2.25. The number of anilines is 1. The van der Waals surface area contributed by atoms with Crippen molar-refractivity contribution in [2.75, 3.05) is 25.6 Å². The predicted octanol–water partition coefficient (Wildman–Crippen LogP) is 4.36. The van der Waals surface area contributed by atoms with Gasteiger partial charge in [-0.25, -0.2) is 9.47 Å². The van der Waals surface area contributed by atoms with Crippen molar-refractivity contribution >= 4 is 35.1 Å². The van der Waals surface area contributed by atoms with Crippen LogP contribution in [0.2, 0.25) is 0 Å². The number of nitrogens with zero attached hydrogens (tertiary/aromatic N) is 3. The number of esters is 1. The molecule has 1 aliphatic heterocycles. The average Bonchev–Trinajstić information content (AvgIpc) is 3.34. The van der Waals surface area contributed by atoms with Gasteiger partial charge in [-0.2, -0.15) is 5.10 Å². The van der Waals surface area contributed by atoms with E-state index in [0.717, 1.165) is 28.0 Å². The molecule has 3 aromatic carbocycles. The lowest BCUT2D eigenvalue weighted by molar-refractivity contribution is -0.118. The molecule has 1 aliphatic rings. The second kappa shape index (κ2) is 11.0. The highest BCUT2D eigenvalue weighted by atomic mass is 32.1. The summed E-state index contributed by atoms with van der Waals surface area (Å²) < 4.78 is 12.1. The van der Waals surface area contributed by atoms with Crippen molar-refractivity contribution in [3.63, 3.8) is 0 Å². The maximum absolute atomic E-state index is 11.8. The van der Waals surface area contributed by atoms with Crippen molar-refractivity contribution in [3.05, 3.63) is 99.7 Å². The molecule has 0 aliphatic carbocycles. The van der Waals surface area contributed by atoms with Crippen LogP contribution in [-0.4, -0.2) is 43.0 Å². The number of methoxy groups -OCH3 is 1. The minimum absolute atomic E-state index is 0.00824. The molecule has 4 aromatic rings. The zero-order chi connectivity index (χ0) is 25.6. The molecule has 0 saturated carbocycles. The van der Waals surface area contributed by atoms with Crippen LogP contribution in [0.4, 0.5) is 5.69 Å². The maximum Gasteiger partial charge on any atom is 0.337 e. The Morgan fingerprint density at radius 2 is 1.95 bits per heavy atom. The summed E-state index contributed by atoms with van der Waals surface area (Å²) in [6, 6.07) is 22.9. The molecule has 0 saturated heterocycles. The van der Waals surface area contributed by atoms with E-state index < -0.39 is 0 Å². The van der Waals surface area contributed by atoms with Crippen LogP contribution in [0.3, 0.4) is 0 Å². The van der Waals surface area contributed by atoms with E-state index in [2.05, 4.69) is 17.4 Å². The summed E-state index contributed by atoms with van der Waals surface area (Å²) in [6.45, 7) is 0.621. The molecule has 0 spiro atoms. The number of amides is 1. The Kier molecular flexibility index (Phi) is 7.23. The molecule has 186 valence electrons. The van der Waals surface area contributed by atoms with Crippen LogP contribution in [0.1, 0.15) is 21.5 Å². The molecule has 37 heavy (non-hydrogen) atoms. The van der Waals surface area contributed by atoms with E-state index >= 15 is 0 Å². The third-order valence-corrected chi connectivity index (χ3v) is 6.59. The van der Waals surface area contributed by atoms with Gasteiger partial charge in [0.1, 0.15) is 5.75 Å². The van der Waals surface area contributed by atoms with Gasteiger partial charge < -0.3 is 14.8 Å². The molecular weight excluding hydrogens is 488 g/mol. The van der Waals surface area contributed by atoms with Gasteiger partial charge in [-0.05, 0) is 47.9 Å². The summed E-state index contributed by atoms with van der Waals surface area (Å²) in [6.07, 6.45) is 2.53. The SMILES string of the molecule is COC(=O)c1ccc(C=Nn2c(-c3ccc4c(c3)NC(=O)CO4)csc2=NCCc2ccccc2)cc1. The summed E-state index contributed by atoms with van der Waals surface area (Å²) >= 11 is 1.49. The normalized spacial score (nSPS) is 13.2. The van der Waals surface area contributed by atoms with E-state index in [4.69, 9.17) is 19.6 Å².